The Labute approximate surface area is 159 Å². The number of fused-ring (bicyclic) bond motifs is 2. The third kappa shape index (κ3) is 3.70. The molecule has 2 saturated heterocycles. The van der Waals surface area contributed by atoms with Crippen LogP contribution in [0.3, 0.4) is 0 Å². The highest BCUT2D eigenvalue weighted by Gasteiger charge is 2.38. The zero-order valence-electron chi connectivity index (χ0n) is 15.0. The largest absolute Gasteiger partial charge is 0.331 e. The minimum Gasteiger partial charge on any atom is -0.331 e. The summed E-state index contributed by atoms with van der Waals surface area (Å²) in [6, 6.07) is 15.5. The van der Waals surface area contributed by atoms with Crippen molar-refractivity contribution in [1.29, 1.82) is 0 Å². The van der Waals surface area contributed by atoms with E-state index in [0.717, 1.165) is 32.4 Å². The van der Waals surface area contributed by atoms with Crippen molar-refractivity contribution in [3.05, 3.63) is 60.2 Å². The highest BCUT2D eigenvalue weighted by atomic mass is 32.2. The number of para-hydroxylation sites is 1. The number of carbonyl (C=O) groups is 1. The fourth-order valence-corrected chi connectivity index (χ4v) is 5.02. The fraction of sp³-hybridized carbons (Fsp3) is 0.350. The number of carbonyl (C=O) groups excluding carboxylic acids is 1. The number of sulfonamides is 1. The van der Waals surface area contributed by atoms with Gasteiger partial charge in [0.15, 0.2) is 0 Å². The molecule has 2 aliphatic rings. The summed E-state index contributed by atoms with van der Waals surface area (Å²) in [5.74, 6) is -0.00818. The topological polar surface area (TPSA) is 78.5 Å². The Morgan fingerprint density at radius 3 is 2.41 bits per heavy atom. The molecule has 2 N–H and O–H groups in total. The first-order chi connectivity index (χ1) is 13.0. The molecule has 0 aliphatic carbocycles. The number of anilines is 1. The molecule has 0 aromatic heterocycles. The van der Waals surface area contributed by atoms with E-state index in [1.807, 2.05) is 11.0 Å². The average Bonchev–Trinajstić information content (AvgIpc) is 2.94. The number of nitrogens with one attached hydrogen (secondary N) is 2. The van der Waals surface area contributed by atoms with Gasteiger partial charge in [0.05, 0.1) is 4.90 Å². The maximum atomic E-state index is 13.0. The zero-order chi connectivity index (χ0) is 18.9. The Bertz CT molecular complexity index is 899. The monoisotopic (exact) mass is 385 g/mol. The van der Waals surface area contributed by atoms with Gasteiger partial charge in [-0.05, 0) is 62.2 Å². The van der Waals surface area contributed by atoms with Crippen LogP contribution in [0.25, 0.3) is 0 Å². The van der Waals surface area contributed by atoms with E-state index < -0.39 is 10.0 Å². The lowest BCUT2D eigenvalue weighted by molar-refractivity contribution is 0.0680. The van der Waals surface area contributed by atoms with Gasteiger partial charge in [0.25, 0.3) is 15.9 Å². The van der Waals surface area contributed by atoms with E-state index >= 15 is 0 Å². The quantitative estimate of drug-likeness (QED) is 0.847. The molecular weight excluding hydrogens is 362 g/mol. The molecule has 2 fully saturated rings. The van der Waals surface area contributed by atoms with Gasteiger partial charge in [-0.3, -0.25) is 9.52 Å². The Kier molecular flexibility index (Phi) is 4.88. The molecule has 2 heterocycles. The molecule has 6 nitrogen and oxygen atoms in total. The number of benzene rings is 2. The molecule has 142 valence electrons. The van der Waals surface area contributed by atoms with E-state index in [4.69, 9.17) is 0 Å². The van der Waals surface area contributed by atoms with Gasteiger partial charge >= 0.3 is 0 Å². The second kappa shape index (κ2) is 7.32. The van der Waals surface area contributed by atoms with Crippen molar-refractivity contribution in [1.82, 2.24) is 10.2 Å². The second-order valence-corrected chi connectivity index (χ2v) is 8.77. The van der Waals surface area contributed by atoms with Crippen molar-refractivity contribution in [3.63, 3.8) is 0 Å². The zero-order valence-corrected chi connectivity index (χ0v) is 15.8. The first-order valence-electron chi connectivity index (χ1n) is 9.26. The van der Waals surface area contributed by atoms with E-state index in [1.165, 1.54) is 12.1 Å². The van der Waals surface area contributed by atoms with Crippen LogP contribution < -0.4 is 10.0 Å². The van der Waals surface area contributed by atoms with Crippen LogP contribution >= 0.6 is 0 Å². The Balaban J connectivity index is 1.52. The van der Waals surface area contributed by atoms with Crippen molar-refractivity contribution in [2.75, 3.05) is 17.8 Å². The molecule has 1 amide bonds. The van der Waals surface area contributed by atoms with Crippen LogP contribution in [0, 0.1) is 0 Å². The summed E-state index contributed by atoms with van der Waals surface area (Å²) in [6.07, 6.45) is 3.04. The Morgan fingerprint density at radius 1 is 0.963 bits per heavy atom. The smallest absolute Gasteiger partial charge is 0.261 e. The van der Waals surface area contributed by atoms with Crippen LogP contribution in [0.4, 0.5) is 5.69 Å². The number of rotatable bonds is 4. The second-order valence-electron chi connectivity index (χ2n) is 7.09. The van der Waals surface area contributed by atoms with Crippen molar-refractivity contribution in [2.45, 2.75) is 36.2 Å². The van der Waals surface area contributed by atoms with Crippen molar-refractivity contribution in [2.24, 2.45) is 0 Å². The summed E-state index contributed by atoms with van der Waals surface area (Å²) < 4.78 is 27.6. The Morgan fingerprint density at radius 2 is 1.67 bits per heavy atom. The van der Waals surface area contributed by atoms with E-state index in [9.17, 15) is 13.2 Å². The molecule has 2 aromatic rings. The number of amides is 1. The molecule has 2 unspecified atom stereocenters. The Hall–Kier alpha value is -2.38. The lowest BCUT2D eigenvalue weighted by atomic mass is 10.1. The van der Waals surface area contributed by atoms with Gasteiger partial charge in [-0.1, -0.05) is 18.2 Å². The highest BCUT2D eigenvalue weighted by Crippen LogP contribution is 2.29. The van der Waals surface area contributed by atoms with Gasteiger partial charge in [-0.2, -0.15) is 0 Å². The maximum Gasteiger partial charge on any atom is 0.261 e. The first kappa shape index (κ1) is 18.0. The molecule has 2 aromatic carbocycles. The van der Waals surface area contributed by atoms with E-state index in [1.54, 1.807) is 36.4 Å². The van der Waals surface area contributed by atoms with Gasteiger partial charge in [0, 0.05) is 29.9 Å². The minimum absolute atomic E-state index is 0.00818. The molecule has 27 heavy (non-hydrogen) atoms. The molecule has 7 heteroatoms. The van der Waals surface area contributed by atoms with E-state index in [-0.39, 0.29) is 22.9 Å². The fourth-order valence-electron chi connectivity index (χ4n) is 3.96. The van der Waals surface area contributed by atoms with Crippen LogP contribution in [0.1, 0.15) is 29.6 Å². The maximum absolute atomic E-state index is 13.0. The highest BCUT2D eigenvalue weighted by molar-refractivity contribution is 7.92. The molecular formula is C20H23N3O3S. The number of nitrogens with zero attached hydrogens (tertiary/aromatic N) is 1. The van der Waals surface area contributed by atoms with Crippen LogP contribution in [0.15, 0.2) is 59.5 Å². The minimum atomic E-state index is -3.68. The molecule has 0 spiro atoms. The molecule has 2 aliphatic heterocycles. The summed E-state index contributed by atoms with van der Waals surface area (Å²) in [4.78, 5) is 15.1. The number of hydrogen-bond donors (Lipinski definition) is 2. The summed E-state index contributed by atoms with van der Waals surface area (Å²) in [6.45, 7) is 1.77. The summed E-state index contributed by atoms with van der Waals surface area (Å²) >= 11 is 0. The van der Waals surface area contributed by atoms with Crippen LogP contribution in [0.5, 0.6) is 0 Å². The van der Waals surface area contributed by atoms with Gasteiger partial charge < -0.3 is 10.2 Å². The van der Waals surface area contributed by atoms with Crippen LogP contribution in [-0.2, 0) is 10.0 Å². The van der Waals surface area contributed by atoms with Crippen LogP contribution in [-0.4, -0.2) is 44.4 Å². The normalized spacial score (nSPS) is 22.3. The van der Waals surface area contributed by atoms with E-state index in [2.05, 4.69) is 10.0 Å². The lowest BCUT2D eigenvalue weighted by Crippen LogP contribution is -2.42. The molecule has 2 bridgehead atoms. The third-order valence-electron chi connectivity index (χ3n) is 5.33. The molecule has 0 saturated carbocycles. The predicted octanol–water partition coefficient (Wildman–Crippen LogP) is 2.45. The molecule has 0 radical (unpaired) electrons. The van der Waals surface area contributed by atoms with Gasteiger partial charge in [0.2, 0.25) is 0 Å². The summed E-state index contributed by atoms with van der Waals surface area (Å²) in [5, 5.41) is 3.39. The van der Waals surface area contributed by atoms with Crippen molar-refractivity contribution in [3.8, 4) is 0 Å². The van der Waals surface area contributed by atoms with Gasteiger partial charge in [0.1, 0.15) is 0 Å². The van der Waals surface area contributed by atoms with Gasteiger partial charge in [-0.25, -0.2) is 8.42 Å². The van der Waals surface area contributed by atoms with Crippen molar-refractivity contribution < 1.29 is 13.2 Å². The van der Waals surface area contributed by atoms with Gasteiger partial charge in [-0.15, -0.1) is 0 Å². The summed E-state index contributed by atoms with van der Waals surface area (Å²) in [5.41, 5.74) is 1.04. The molecule has 2 atom stereocenters. The third-order valence-corrected chi connectivity index (χ3v) is 6.72. The van der Waals surface area contributed by atoms with Crippen molar-refractivity contribution >= 4 is 21.6 Å². The molecule has 4 rings (SSSR count). The summed E-state index contributed by atoms with van der Waals surface area (Å²) in [7, 11) is -3.68. The first-order valence-corrected chi connectivity index (χ1v) is 10.7. The predicted molar refractivity (Wildman–Crippen MR) is 104 cm³/mol. The van der Waals surface area contributed by atoms with Crippen LogP contribution in [0.2, 0.25) is 0 Å². The SMILES string of the molecule is O=C(c1ccc(S(=O)(=O)Nc2ccccc2)cc1)N1C2CCNCC1CC2. The number of hydrogen-bond acceptors (Lipinski definition) is 4. The average molecular weight is 385 g/mol. The lowest BCUT2D eigenvalue weighted by Gasteiger charge is -2.28. The standard InChI is InChI=1S/C20H23N3O3S/c24-20(23-17-8-9-18(23)14-21-13-12-17)15-6-10-19(11-7-15)27(25,26)22-16-4-2-1-3-5-16/h1-7,10-11,17-18,21-22H,8-9,12-14H2. The van der Waals surface area contributed by atoms with E-state index in [0.29, 0.717) is 11.3 Å².